The Morgan fingerprint density at radius 1 is 1.16 bits per heavy atom. The molecule has 0 aromatic heterocycles. The summed E-state index contributed by atoms with van der Waals surface area (Å²) in [7, 11) is 0. The van der Waals surface area contributed by atoms with Gasteiger partial charge in [0.15, 0.2) is 0 Å². The highest BCUT2D eigenvalue weighted by molar-refractivity contribution is 5.87. The van der Waals surface area contributed by atoms with Crippen molar-refractivity contribution in [2.24, 2.45) is 5.41 Å². The molecule has 19 heavy (non-hydrogen) atoms. The third-order valence-corrected chi connectivity index (χ3v) is 4.20. The molecule has 0 aromatic carbocycles. The Bertz CT molecular complexity index is 362. The van der Waals surface area contributed by atoms with Crippen molar-refractivity contribution in [1.82, 2.24) is 9.80 Å². The smallest absolute Gasteiger partial charge is 0.326 e. The Morgan fingerprint density at radius 2 is 1.79 bits per heavy atom. The first-order chi connectivity index (χ1) is 8.92. The van der Waals surface area contributed by atoms with Crippen LogP contribution in [0.15, 0.2) is 0 Å². The van der Waals surface area contributed by atoms with Gasteiger partial charge in [0.1, 0.15) is 6.04 Å². The lowest BCUT2D eigenvalue weighted by molar-refractivity contribution is -0.152. The van der Waals surface area contributed by atoms with Gasteiger partial charge in [-0.15, -0.1) is 0 Å². The third-order valence-electron chi connectivity index (χ3n) is 4.20. The van der Waals surface area contributed by atoms with E-state index in [4.69, 9.17) is 0 Å². The molecule has 5 heteroatoms. The second-order valence-electron chi connectivity index (χ2n) is 6.36. The van der Waals surface area contributed by atoms with Gasteiger partial charge in [-0.3, -0.25) is 4.79 Å². The zero-order valence-electron chi connectivity index (χ0n) is 11.9. The highest BCUT2D eigenvalue weighted by Gasteiger charge is 2.41. The summed E-state index contributed by atoms with van der Waals surface area (Å²) in [5.41, 5.74) is -0.498. The summed E-state index contributed by atoms with van der Waals surface area (Å²) in [5.74, 6) is -0.882. The van der Waals surface area contributed by atoms with Crippen molar-refractivity contribution in [2.45, 2.75) is 45.6 Å². The minimum absolute atomic E-state index is 0.00991. The molecule has 2 fully saturated rings. The number of likely N-dealkylation sites (tertiary alicyclic amines) is 2. The van der Waals surface area contributed by atoms with Crippen molar-refractivity contribution in [3.05, 3.63) is 0 Å². The Hall–Kier alpha value is -1.10. The van der Waals surface area contributed by atoms with E-state index in [1.54, 1.807) is 4.90 Å². The Morgan fingerprint density at radius 3 is 2.37 bits per heavy atom. The highest BCUT2D eigenvalue weighted by Crippen LogP contribution is 2.28. The van der Waals surface area contributed by atoms with E-state index in [2.05, 4.69) is 4.90 Å². The second kappa shape index (κ2) is 5.49. The van der Waals surface area contributed by atoms with Crippen LogP contribution in [0.3, 0.4) is 0 Å². The van der Waals surface area contributed by atoms with E-state index in [9.17, 15) is 14.7 Å². The Balaban J connectivity index is 2.02. The van der Waals surface area contributed by atoms with Gasteiger partial charge in [-0.05, 0) is 52.6 Å². The van der Waals surface area contributed by atoms with Crippen LogP contribution in [0.25, 0.3) is 0 Å². The molecule has 2 saturated heterocycles. The normalized spacial score (nSPS) is 24.9. The number of nitrogens with zero attached hydrogens (tertiary/aromatic N) is 2. The van der Waals surface area contributed by atoms with Crippen LogP contribution >= 0.6 is 0 Å². The summed E-state index contributed by atoms with van der Waals surface area (Å²) < 4.78 is 0. The predicted octanol–water partition coefficient (Wildman–Crippen LogP) is 1.18. The quantitative estimate of drug-likeness (QED) is 0.832. The summed E-state index contributed by atoms with van der Waals surface area (Å²) in [6, 6.07) is -0.620. The number of carboxylic acid groups (broad SMARTS) is 1. The van der Waals surface area contributed by atoms with Crippen LogP contribution in [0, 0.1) is 5.41 Å². The van der Waals surface area contributed by atoms with Crippen molar-refractivity contribution in [3.8, 4) is 0 Å². The molecule has 1 atom stereocenters. The SMILES string of the molecule is CC(C)(CN1CCCC1)C(=O)N1CCCC1C(=O)O. The minimum atomic E-state index is -0.872. The van der Waals surface area contributed by atoms with Crippen LogP contribution in [-0.4, -0.2) is 59.0 Å². The molecule has 2 heterocycles. The van der Waals surface area contributed by atoms with Gasteiger partial charge in [0.05, 0.1) is 5.41 Å². The van der Waals surface area contributed by atoms with Crippen molar-refractivity contribution in [1.29, 1.82) is 0 Å². The molecule has 0 spiro atoms. The van der Waals surface area contributed by atoms with E-state index in [0.29, 0.717) is 13.0 Å². The molecule has 0 bridgehead atoms. The lowest BCUT2D eigenvalue weighted by Crippen LogP contribution is -2.50. The maximum absolute atomic E-state index is 12.6. The average molecular weight is 268 g/mol. The standard InChI is InChI=1S/C14H24N2O3/c1-14(2,10-15-7-3-4-8-15)13(19)16-9-5-6-11(16)12(17)18/h11H,3-10H2,1-2H3,(H,17,18). The average Bonchev–Trinajstić information content (AvgIpc) is 2.96. The molecular formula is C14H24N2O3. The fourth-order valence-corrected chi connectivity index (χ4v) is 3.22. The first kappa shape index (κ1) is 14.3. The highest BCUT2D eigenvalue weighted by atomic mass is 16.4. The van der Waals surface area contributed by atoms with Crippen LogP contribution in [-0.2, 0) is 9.59 Å². The zero-order valence-corrected chi connectivity index (χ0v) is 11.9. The second-order valence-corrected chi connectivity index (χ2v) is 6.36. The number of hydrogen-bond acceptors (Lipinski definition) is 3. The topological polar surface area (TPSA) is 60.9 Å². The van der Waals surface area contributed by atoms with E-state index in [1.807, 2.05) is 13.8 Å². The fraction of sp³-hybridized carbons (Fsp3) is 0.857. The summed E-state index contributed by atoms with van der Waals surface area (Å²) in [6.45, 7) is 7.29. The molecule has 0 aliphatic carbocycles. The number of carboxylic acids is 1. The molecule has 1 N–H and O–H groups in total. The van der Waals surface area contributed by atoms with Crippen LogP contribution in [0.2, 0.25) is 0 Å². The molecule has 108 valence electrons. The van der Waals surface area contributed by atoms with Gasteiger partial charge in [-0.25, -0.2) is 4.79 Å². The summed E-state index contributed by atoms with van der Waals surface area (Å²) in [5, 5.41) is 9.18. The molecule has 5 nitrogen and oxygen atoms in total. The first-order valence-electron chi connectivity index (χ1n) is 7.18. The van der Waals surface area contributed by atoms with Gasteiger partial charge in [-0.1, -0.05) is 0 Å². The predicted molar refractivity (Wildman–Crippen MR) is 71.8 cm³/mol. The Kier molecular flexibility index (Phi) is 4.13. The molecule has 1 unspecified atom stereocenters. The number of carbonyl (C=O) groups excluding carboxylic acids is 1. The molecule has 0 aromatic rings. The van der Waals surface area contributed by atoms with Crippen LogP contribution in [0.5, 0.6) is 0 Å². The van der Waals surface area contributed by atoms with Gasteiger partial charge in [0, 0.05) is 13.1 Å². The zero-order chi connectivity index (χ0) is 14.0. The van der Waals surface area contributed by atoms with Gasteiger partial charge >= 0.3 is 5.97 Å². The molecule has 2 aliphatic heterocycles. The van der Waals surface area contributed by atoms with Gasteiger partial charge in [0.25, 0.3) is 0 Å². The number of amides is 1. The summed E-state index contributed by atoms with van der Waals surface area (Å²) in [6.07, 6.45) is 3.78. The molecular weight excluding hydrogens is 244 g/mol. The van der Waals surface area contributed by atoms with Crippen LogP contribution < -0.4 is 0 Å². The van der Waals surface area contributed by atoms with Crippen LogP contribution in [0.1, 0.15) is 39.5 Å². The van der Waals surface area contributed by atoms with Crippen molar-refractivity contribution < 1.29 is 14.7 Å². The molecule has 1 amide bonds. The van der Waals surface area contributed by atoms with Crippen molar-refractivity contribution in [3.63, 3.8) is 0 Å². The van der Waals surface area contributed by atoms with E-state index in [1.165, 1.54) is 12.8 Å². The molecule has 0 radical (unpaired) electrons. The monoisotopic (exact) mass is 268 g/mol. The van der Waals surface area contributed by atoms with Crippen molar-refractivity contribution in [2.75, 3.05) is 26.2 Å². The van der Waals surface area contributed by atoms with Gasteiger partial charge in [-0.2, -0.15) is 0 Å². The lowest BCUT2D eigenvalue weighted by Gasteiger charge is -2.34. The third kappa shape index (κ3) is 3.08. The fourth-order valence-electron chi connectivity index (χ4n) is 3.22. The van der Waals surface area contributed by atoms with E-state index in [-0.39, 0.29) is 5.91 Å². The number of hydrogen-bond donors (Lipinski definition) is 1. The van der Waals surface area contributed by atoms with E-state index in [0.717, 1.165) is 26.1 Å². The number of aliphatic carboxylic acids is 1. The molecule has 0 saturated carbocycles. The maximum Gasteiger partial charge on any atom is 0.326 e. The number of carbonyl (C=O) groups is 2. The largest absolute Gasteiger partial charge is 0.480 e. The lowest BCUT2D eigenvalue weighted by atomic mass is 9.90. The minimum Gasteiger partial charge on any atom is -0.480 e. The van der Waals surface area contributed by atoms with Gasteiger partial charge in [0.2, 0.25) is 5.91 Å². The van der Waals surface area contributed by atoms with E-state index >= 15 is 0 Å². The Labute approximate surface area is 114 Å². The van der Waals surface area contributed by atoms with Gasteiger partial charge < -0.3 is 14.9 Å². The van der Waals surface area contributed by atoms with E-state index < -0.39 is 17.4 Å². The summed E-state index contributed by atoms with van der Waals surface area (Å²) >= 11 is 0. The maximum atomic E-state index is 12.6. The number of rotatable bonds is 4. The summed E-state index contributed by atoms with van der Waals surface area (Å²) in [4.78, 5) is 27.7. The molecule has 2 rings (SSSR count). The molecule has 2 aliphatic rings. The first-order valence-corrected chi connectivity index (χ1v) is 7.18. The van der Waals surface area contributed by atoms with Crippen LogP contribution in [0.4, 0.5) is 0 Å². The van der Waals surface area contributed by atoms with Crippen molar-refractivity contribution >= 4 is 11.9 Å².